The van der Waals surface area contributed by atoms with E-state index in [-0.39, 0.29) is 13.0 Å². The third kappa shape index (κ3) is 4.01. The molecule has 1 aromatic heterocycles. The molecular weight excluding hydrogens is 396 g/mol. The number of allylic oxidation sites excluding steroid dienone is 1. The van der Waals surface area contributed by atoms with E-state index in [1.165, 1.54) is 14.2 Å². The average Bonchev–Trinajstić information content (AvgIpc) is 2.78. The zero-order chi connectivity index (χ0) is 22.5. The maximum Gasteiger partial charge on any atom is 0.336 e. The first kappa shape index (κ1) is 21.7. The highest BCUT2D eigenvalue weighted by molar-refractivity contribution is 5.95. The van der Waals surface area contributed by atoms with Gasteiger partial charge in [0.05, 0.1) is 61.1 Å². The summed E-state index contributed by atoms with van der Waals surface area (Å²) in [6.07, 6.45) is 1.79. The van der Waals surface area contributed by atoms with E-state index in [1.54, 1.807) is 31.3 Å². The van der Waals surface area contributed by atoms with Gasteiger partial charge in [0, 0.05) is 17.5 Å². The van der Waals surface area contributed by atoms with E-state index in [1.807, 2.05) is 13.0 Å². The van der Waals surface area contributed by atoms with Crippen LogP contribution in [-0.4, -0.2) is 31.8 Å². The predicted molar refractivity (Wildman–Crippen MR) is 113 cm³/mol. The molecule has 31 heavy (non-hydrogen) atoms. The molecule has 3 rings (SSSR count). The monoisotopic (exact) mass is 418 g/mol. The van der Waals surface area contributed by atoms with E-state index in [2.05, 4.69) is 16.4 Å². The minimum absolute atomic E-state index is 0.0145. The van der Waals surface area contributed by atoms with Gasteiger partial charge in [-0.15, -0.1) is 0 Å². The van der Waals surface area contributed by atoms with E-state index in [0.29, 0.717) is 39.6 Å². The van der Waals surface area contributed by atoms with Crippen LogP contribution in [0.25, 0.3) is 0 Å². The van der Waals surface area contributed by atoms with Crippen molar-refractivity contribution < 1.29 is 19.0 Å². The van der Waals surface area contributed by atoms with Crippen molar-refractivity contribution in [3.8, 4) is 23.8 Å². The van der Waals surface area contributed by atoms with Crippen LogP contribution in [0.15, 0.2) is 35.7 Å². The Kier molecular flexibility index (Phi) is 6.42. The van der Waals surface area contributed by atoms with Crippen LogP contribution in [0.4, 0.5) is 5.69 Å². The fourth-order valence-corrected chi connectivity index (χ4v) is 3.69. The second-order valence-corrected chi connectivity index (χ2v) is 6.95. The standard InChI is InChI=1S/C23H22N4O4/c1-13-12-26-22(30-4)20-19(16-7-6-15(11-25)10-17(16)29-3)18(14(2)27-21(13)20)23(28)31-9-5-8-24/h6-7,10,12,19,27H,5,9H2,1-4H3. The van der Waals surface area contributed by atoms with Gasteiger partial charge in [0.15, 0.2) is 0 Å². The first-order valence-electron chi connectivity index (χ1n) is 9.60. The summed E-state index contributed by atoms with van der Waals surface area (Å²) in [6, 6.07) is 9.11. The van der Waals surface area contributed by atoms with Crippen LogP contribution in [0.1, 0.15) is 41.5 Å². The van der Waals surface area contributed by atoms with E-state index < -0.39 is 11.9 Å². The largest absolute Gasteiger partial charge is 0.496 e. The van der Waals surface area contributed by atoms with Gasteiger partial charge < -0.3 is 19.5 Å². The molecule has 0 radical (unpaired) electrons. The van der Waals surface area contributed by atoms with Crippen LogP contribution in [0.3, 0.4) is 0 Å². The van der Waals surface area contributed by atoms with Crippen molar-refractivity contribution in [1.82, 2.24) is 4.98 Å². The summed E-state index contributed by atoms with van der Waals surface area (Å²) in [5.74, 6) is -0.350. The molecule has 0 spiro atoms. The Bertz CT molecular complexity index is 1140. The number of carbonyl (C=O) groups is 1. The topological polar surface area (TPSA) is 117 Å². The van der Waals surface area contributed by atoms with Gasteiger partial charge in [0.1, 0.15) is 12.4 Å². The molecule has 2 heterocycles. The Balaban J connectivity index is 2.28. The quantitative estimate of drug-likeness (QED) is 0.559. The number of aryl methyl sites for hydroxylation is 1. The van der Waals surface area contributed by atoms with Crippen molar-refractivity contribution in [2.45, 2.75) is 26.2 Å². The van der Waals surface area contributed by atoms with Crippen molar-refractivity contribution in [2.24, 2.45) is 0 Å². The second-order valence-electron chi connectivity index (χ2n) is 6.95. The summed E-state index contributed by atoms with van der Waals surface area (Å²) >= 11 is 0. The number of nitriles is 2. The Morgan fingerprint density at radius 3 is 2.65 bits per heavy atom. The molecule has 1 N–H and O–H groups in total. The normalized spacial score (nSPS) is 14.6. The summed E-state index contributed by atoms with van der Waals surface area (Å²) in [7, 11) is 3.02. The number of benzene rings is 1. The molecule has 0 saturated heterocycles. The van der Waals surface area contributed by atoms with Crippen molar-refractivity contribution >= 4 is 11.7 Å². The van der Waals surface area contributed by atoms with Crippen molar-refractivity contribution in [3.63, 3.8) is 0 Å². The average molecular weight is 418 g/mol. The number of carbonyl (C=O) groups excluding carboxylic acids is 1. The molecule has 0 fully saturated rings. The molecule has 1 unspecified atom stereocenters. The SMILES string of the molecule is COc1cc(C#N)ccc1C1C(C(=O)OCCC#N)=C(C)Nc2c(C)cnc(OC)c21. The van der Waals surface area contributed by atoms with Gasteiger partial charge in [0.2, 0.25) is 5.88 Å². The minimum Gasteiger partial charge on any atom is -0.496 e. The lowest BCUT2D eigenvalue weighted by molar-refractivity contribution is -0.139. The van der Waals surface area contributed by atoms with E-state index in [9.17, 15) is 10.1 Å². The Morgan fingerprint density at radius 1 is 1.23 bits per heavy atom. The fourth-order valence-electron chi connectivity index (χ4n) is 3.69. The lowest BCUT2D eigenvalue weighted by Crippen LogP contribution is -2.26. The van der Waals surface area contributed by atoms with Crippen LogP contribution < -0.4 is 14.8 Å². The first-order valence-corrected chi connectivity index (χ1v) is 9.60. The molecule has 1 aromatic carbocycles. The number of fused-ring (bicyclic) bond motifs is 1. The zero-order valence-corrected chi connectivity index (χ0v) is 17.8. The Hall–Kier alpha value is -4.04. The first-order chi connectivity index (χ1) is 15.0. The Labute approximate surface area is 180 Å². The third-order valence-electron chi connectivity index (χ3n) is 5.10. The molecule has 2 aromatic rings. The molecule has 0 saturated carbocycles. The highest BCUT2D eigenvalue weighted by Crippen LogP contribution is 2.49. The number of methoxy groups -OCH3 is 2. The zero-order valence-electron chi connectivity index (χ0n) is 17.8. The van der Waals surface area contributed by atoms with Gasteiger partial charge in [-0.2, -0.15) is 10.5 Å². The molecule has 0 aliphatic carbocycles. The van der Waals surface area contributed by atoms with E-state index in [4.69, 9.17) is 19.5 Å². The van der Waals surface area contributed by atoms with Crippen LogP contribution in [-0.2, 0) is 9.53 Å². The highest BCUT2D eigenvalue weighted by atomic mass is 16.5. The maximum atomic E-state index is 13.1. The number of pyridine rings is 1. The Morgan fingerprint density at radius 2 is 2.00 bits per heavy atom. The smallest absolute Gasteiger partial charge is 0.336 e. The summed E-state index contributed by atoms with van der Waals surface area (Å²) in [6.45, 7) is 3.69. The number of ether oxygens (including phenoxy) is 3. The maximum absolute atomic E-state index is 13.1. The molecule has 0 amide bonds. The van der Waals surface area contributed by atoms with E-state index in [0.717, 1.165) is 11.3 Å². The van der Waals surface area contributed by atoms with Crippen LogP contribution in [0.5, 0.6) is 11.6 Å². The fraction of sp³-hybridized carbons (Fsp3) is 0.304. The number of hydrogen-bond acceptors (Lipinski definition) is 8. The molecule has 1 aliphatic heterocycles. The summed E-state index contributed by atoms with van der Waals surface area (Å²) in [4.78, 5) is 17.5. The number of rotatable bonds is 6. The van der Waals surface area contributed by atoms with Crippen LogP contribution >= 0.6 is 0 Å². The van der Waals surface area contributed by atoms with Gasteiger partial charge in [-0.1, -0.05) is 6.07 Å². The molecular formula is C23H22N4O4. The second kappa shape index (κ2) is 9.19. The molecule has 8 heteroatoms. The van der Waals surface area contributed by atoms with E-state index >= 15 is 0 Å². The van der Waals surface area contributed by atoms with Crippen LogP contribution in [0, 0.1) is 29.6 Å². The van der Waals surface area contributed by atoms with Crippen LogP contribution in [0.2, 0.25) is 0 Å². The molecule has 158 valence electrons. The van der Waals surface area contributed by atoms with Crippen molar-refractivity contribution in [1.29, 1.82) is 10.5 Å². The number of nitrogens with zero attached hydrogens (tertiary/aromatic N) is 3. The minimum atomic E-state index is -0.615. The van der Waals surface area contributed by atoms with Gasteiger partial charge in [-0.25, -0.2) is 9.78 Å². The molecule has 0 bridgehead atoms. The van der Waals surface area contributed by atoms with Gasteiger partial charge >= 0.3 is 5.97 Å². The number of anilines is 1. The van der Waals surface area contributed by atoms with Gasteiger partial charge in [-0.3, -0.25) is 0 Å². The highest BCUT2D eigenvalue weighted by Gasteiger charge is 2.38. The predicted octanol–water partition coefficient (Wildman–Crippen LogP) is 3.57. The number of hydrogen-bond donors (Lipinski definition) is 1. The van der Waals surface area contributed by atoms with Crippen molar-refractivity contribution in [3.05, 3.63) is 57.9 Å². The third-order valence-corrected chi connectivity index (χ3v) is 5.10. The van der Waals surface area contributed by atoms with Gasteiger partial charge in [0.25, 0.3) is 0 Å². The number of nitrogens with one attached hydrogen (secondary N) is 1. The number of esters is 1. The lowest BCUT2D eigenvalue weighted by atomic mass is 9.79. The summed E-state index contributed by atoms with van der Waals surface area (Å²) < 4.78 is 16.5. The van der Waals surface area contributed by atoms with Crippen molar-refractivity contribution in [2.75, 3.05) is 26.1 Å². The number of aromatic nitrogens is 1. The lowest BCUT2D eigenvalue weighted by Gasteiger charge is -2.32. The molecule has 1 aliphatic rings. The summed E-state index contributed by atoms with van der Waals surface area (Å²) in [5.41, 5.74) is 4.41. The molecule has 8 nitrogen and oxygen atoms in total. The van der Waals surface area contributed by atoms with Gasteiger partial charge in [-0.05, 0) is 31.5 Å². The molecule has 1 atom stereocenters. The summed E-state index contributed by atoms with van der Waals surface area (Å²) in [5, 5.41) is 21.4.